The van der Waals surface area contributed by atoms with Gasteiger partial charge in [-0.25, -0.2) is 0 Å². The van der Waals surface area contributed by atoms with E-state index in [9.17, 15) is 10.2 Å². The molecule has 1 aliphatic heterocycles. The maximum atomic E-state index is 9.75. The van der Waals surface area contributed by atoms with E-state index in [1.165, 1.54) is 0 Å². The van der Waals surface area contributed by atoms with Crippen LogP contribution in [0.15, 0.2) is 22.7 Å². The Morgan fingerprint density at radius 3 is 3.00 bits per heavy atom. The average Bonchev–Trinajstić information content (AvgIpc) is 2.98. The van der Waals surface area contributed by atoms with Gasteiger partial charge in [-0.05, 0) is 6.42 Å². The van der Waals surface area contributed by atoms with E-state index in [4.69, 9.17) is 4.74 Å². The lowest BCUT2D eigenvalue weighted by Gasteiger charge is -2.10. The van der Waals surface area contributed by atoms with Gasteiger partial charge in [-0.1, -0.05) is 13.3 Å². The first-order chi connectivity index (χ1) is 6.20. The molecule has 0 radical (unpaired) electrons. The van der Waals surface area contributed by atoms with Crippen LogP contribution in [0.4, 0.5) is 0 Å². The molecular formula is C10H12O3. The first-order valence-electron chi connectivity index (χ1n) is 4.73. The predicted molar refractivity (Wildman–Crippen MR) is 46.4 cm³/mol. The maximum absolute atomic E-state index is 9.75. The fourth-order valence-corrected chi connectivity index (χ4v) is 2.28. The smallest absolute Gasteiger partial charge is 0.149 e. The molecule has 0 aromatic heterocycles. The molecule has 2 fully saturated rings. The van der Waals surface area contributed by atoms with E-state index in [-0.39, 0.29) is 17.5 Å². The largest absolute Gasteiger partial charge is 0.509 e. The zero-order chi connectivity index (χ0) is 9.22. The van der Waals surface area contributed by atoms with Gasteiger partial charge in [0.05, 0.1) is 0 Å². The van der Waals surface area contributed by atoms with Crippen LogP contribution in [0.3, 0.4) is 0 Å². The van der Waals surface area contributed by atoms with Crippen LogP contribution in [0.1, 0.15) is 26.2 Å². The molecule has 2 N–H and O–H groups in total. The molecule has 70 valence electrons. The lowest BCUT2D eigenvalue weighted by molar-refractivity contribution is 0.309. The van der Waals surface area contributed by atoms with Gasteiger partial charge in [0.15, 0.2) is 0 Å². The summed E-state index contributed by atoms with van der Waals surface area (Å²) in [4.78, 5) is 0. The lowest BCUT2D eigenvalue weighted by Crippen LogP contribution is -2.09. The minimum Gasteiger partial charge on any atom is -0.509 e. The molecule has 0 aromatic carbocycles. The highest BCUT2D eigenvalue weighted by atomic mass is 16.6. The van der Waals surface area contributed by atoms with E-state index < -0.39 is 0 Å². The third kappa shape index (κ3) is 0.695. The van der Waals surface area contributed by atoms with E-state index in [2.05, 4.69) is 0 Å². The molecule has 3 nitrogen and oxygen atoms in total. The Balaban J connectivity index is 2.03. The molecule has 3 rings (SSSR count). The molecule has 0 aromatic rings. The van der Waals surface area contributed by atoms with Gasteiger partial charge in [-0.2, -0.15) is 0 Å². The van der Waals surface area contributed by atoms with Crippen LogP contribution in [0.2, 0.25) is 0 Å². The molecule has 0 amide bonds. The van der Waals surface area contributed by atoms with Crippen LogP contribution < -0.4 is 0 Å². The Labute approximate surface area is 76.3 Å². The van der Waals surface area contributed by atoms with Crippen LogP contribution in [-0.2, 0) is 4.74 Å². The number of aliphatic hydroxyl groups excluding tert-OH is 2. The molecular weight excluding hydrogens is 168 g/mol. The zero-order valence-electron chi connectivity index (χ0n) is 7.50. The monoisotopic (exact) mass is 180 g/mol. The molecule has 2 atom stereocenters. The van der Waals surface area contributed by atoms with E-state index >= 15 is 0 Å². The summed E-state index contributed by atoms with van der Waals surface area (Å²) in [6, 6.07) is 0. The van der Waals surface area contributed by atoms with Crippen LogP contribution >= 0.6 is 0 Å². The van der Waals surface area contributed by atoms with Crippen molar-refractivity contribution in [3.8, 4) is 0 Å². The Kier molecular flexibility index (Phi) is 1.10. The highest BCUT2D eigenvalue weighted by Crippen LogP contribution is 2.67. The van der Waals surface area contributed by atoms with E-state index in [0.29, 0.717) is 11.3 Å². The molecule has 1 saturated carbocycles. The summed E-state index contributed by atoms with van der Waals surface area (Å²) < 4.78 is 5.37. The average molecular weight is 180 g/mol. The number of hydrogen-bond donors (Lipinski definition) is 2. The zero-order valence-corrected chi connectivity index (χ0v) is 7.50. The van der Waals surface area contributed by atoms with E-state index in [1.807, 2.05) is 6.92 Å². The van der Waals surface area contributed by atoms with Crippen molar-refractivity contribution in [2.45, 2.75) is 37.9 Å². The minimum atomic E-state index is -0.245. The fraction of sp³-hybridized carbons (Fsp3) is 0.600. The van der Waals surface area contributed by atoms with Crippen molar-refractivity contribution in [3.63, 3.8) is 0 Å². The molecule has 13 heavy (non-hydrogen) atoms. The van der Waals surface area contributed by atoms with E-state index in [0.717, 1.165) is 24.8 Å². The quantitative estimate of drug-likeness (QED) is 0.639. The lowest BCUT2D eigenvalue weighted by atomic mass is 9.99. The fourth-order valence-electron chi connectivity index (χ4n) is 2.28. The summed E-state index contributed by atoms with van der Waals surface area (Å²) >= 11 is 0. The van der Waals surface area contributed by atoms with Gasteiger partial charge < -0.3 is 14.9 Å². The van der Waals surface area contributed by atoms with Crippen molar-refractivity contribution < 1.29 is 14.9 Å². The second kappa shape index (κ2) is 1.93. The number of hydrogen-bond acceptors (Lipinski definition) is 3. The van der Waals surface area contributed by atoms with Crippen molar-refractivity contribution in [1.82, 2.24) is 0 Å². The summed E-state index contributed by atoms with van der Waals surface area (Å²) in [6.45, 7) is 2.03. The van der Waals surface area contributed by atoms with Gasteiger partial charge in [0.25, 0.3) is 0 Å². The van der Waals surface area contributed by atoms with E-state index in [1.54, 1.807) is 0 Å². The molecule has 2 aliphatic carbocycles. The normalized spacial score (nSPS) is 40.2. The third-order valence-electron chi connectivity index (χ3n) is 3.15. The van der Waals surface area contributed by atoms with Gasteiger partial charge in [-0.15, -0.1) is 0 Å². The maximum Gasteiger partial charge on any atom is 0.149 e. The number of ether oxygens (including phenoxy) is 1. The second-order valence-corrected chi connectivity index (χ2v) is 4.01. The first kappa shape index (κ1) is 7.44. The molecule has 1 spiro atoms. The summed E-state index contributed by atoms with van der Waals surface area (Å²) in [5.41, 5.74) is 1.46. The molecule has 1 saturated heterocycles. The number of epoxide rings is 1. The SMILES string of the molecule is CCCC1=C(O)C2OC23CC3=C1O. The van der Waals surface area contributed by atoms with Crippen molar-refractivity contribution >= 4 is 0 Å². The topological polar surface area (TPSA) is 53.0 Å². The van der Waals surface area contributed by atoms with Crippen LogP contribution in [0.5, 0.6) is 0 Å². The van der Waals surface area contributed by atoms with Gasteiger partial charge in [-0.3, -0.25) is 0 Å². The first-order valence-corrected chi connectivity index (χ1v) is 4.73. The Hall–Kier alpha value is -0.960. The second-order valence-electron chi connectivity index (χ2n) is 4.01. The molecule has 3 aliphatic rings. The summed E-state index contributed by atoms with van der Waals surface area (Å²) in [7, 11) is 0. The van der Waals surface area contributed by atoms with Gasteiger partial charge in [0.1, 0.15) is 23.2 Å². The van der Waals surface area contributed by atoms with Crippen LogP contribution in [0, 0.1) is 0 Å². The molecule has 0 bridgehead atoms. The Bertz CT molecular complexity index is 353. The summed E-state index contributed by atoms with van der Waals surface area (Å²) in [5, 5.41) is 19.5. The number of rotatable bonds is 2. The Morgan fingerprint density at radius 1 is 1.54 bits per heavy atom. The van der Waals surface area contributed by atoms with Crippen molar-refractivity contribution in [3.05, 3.63) is 22.7 Å². The van der Waals surface area contributed by atoms with Crippen LogP contribution in [-0.4, -0.2) is 21.9 Å². The minimum absolute atomic E-state index is 0.125. The van der Waals surface area contributed by atoms with Crippen molar-refractivity contribution in [1.29, 1.82) is 0 Å². The highest BCUT2D eigenvalue weighted by Gasteiger charge is 2.75. The highest BCUT2D eigenvalue weighted by molar-refractivity contribution is 5.59. The standard InChI is InChI=1S/C10H12O3/c1-2-3-5-7(11)6-4-10(6)9(13-10)8(5)12/h9,11-12H,2-4H2,1H3. The molecule has 2 unspecified atom stereocenters. The summed E-state index contributed by atoms with van der Waals surface area (Å²) in [6.07, 6.45) is 2.34. The van der Waals surface area contributed by atoms with Gasteiger partial charge >= 0.3 is 0 Å². The predicted octanol–water partition coefficient (Wildman–Crippen LogP) is 1.97. The van der Waals surface area contributed by atoms with Crippen molar-refractivity contribution in [2.24, 2.45) is 0 Å². The number of allylic oxidation sites excluding steroid dienone is 1. The Morgan fingerprint density at radius 2 is 2.31 bits per heavy atom. The van der Waals surface area contributed by atoms with Crippen LogP contribution in [0.25, 0.3) is 0 Å². The molecule has 1 heterocycles. The number of aliphatic hydroxyl groups is 2. The third-order valence-corrected chi connectivity index (χ3v) is 3.15. The van der Waals surface area contributed by atoms with Crippen molar-refractivity contribution in [2.75, 3.05) is 0 Å². The van der Waals surface area contributed by atoms with Gasteiger partial charge in [0, 0.05) is 17.6 Å². The van der Waals surface area contributed by atoms with Gasteiger partial charge in [0.2, 0.25) is 0 Å². The summed E-state index contributed by atoms with van der Waals surface area (Å²) in [5.74, 6) is 0.564. The molecule has 3 heteroatoms.